The largest absolute Gasteiger partial charge is 0.314 e. The van der Waals surface area contributed by atoms with E-state index in [0.717, 1.165) is 42.6 Å². The maximum absolute atomic E-state index is 4.79. The molecule has 5 heteroatoms. The molecule has 2 heterocycles. The molecule has 1 aliphatic rings. The zero-order valence-electron chi connectivity index (χ0n) is 12.7. The lowest BCUT2D eigenvalue weighted by molar-refractivity contribution is 0.671. The van der Waals surface area contributed by atoms with E-state index in [9.17, 15) is 0 Å². The minimum atomic E-state index is 0.762. The van der Waals surface area contributed by atoms with E-state index >= 15 is 0 Å². The van der Waals surface area contributed by atoms with Crippen LogP contribution in [0.2, 0.25) is 0 Å². The van der Waals surface area contributed by atoms with Crippen LogP contribution in [0, 0.1) is 0 Å². The Balaban J connectivity index is 1.86. The van der Waals surface area contributed by atoms with Crippen LogP contribution in [0.4, 0.5) is 0 Å². The molecule has 0 atom stereocenters. The highest BCUT2D eigenvalue weighted by molar-refractivity contribution is 7.13. The smallest absolute Gasteiger partial charge is 0.171 e. The Labute approximate surface area is 130 Å². The average molecular weight is 302 g/mol. The van der Waals surface area contributed by atoms with Gasteiger partial charge in [-0.3, -0.25) is 4.98 Å². The van der Waals surface area contributed by atoms with Crippen molar-refractivity contribution in [2.75, 3.05) is 6.54 Å². The molecule has 1 fully saturated rings. The maximum Gasteiger partial charge on any atom is 0.171 e. The third kappa shape index (κ3) is 3.47. The molecular weight excluding hydrogens is 280 g/mol. The number of hydrogen-bond acceptors (Lipinski definition) is 5. The van der Waals surface area contributed by atoms with E-state index in [1.807, 2.05) is 11.7 Å². The van der Waals surface area contributed by atoms with Crippen LogP contribution in [0.1, 0.15) is 43.6 Å². The summed E-state index contributed by atoms with van der Waals surface area (Å²) in [6.45, 7) is 5.39. The molecule has 0 unspecified atom stereocenters. The number of aromatic nitrogens is 3. The standard InChI is InChI=1S/C16H22N4S/c1-3-13-12(7-8-18-11-5-6-11)14(4-2)20-16(19-13)15-9-17-10-21-15/h9-11,18H,3-8H2,1-2H3. The zero-order valence-corrected chi connectivity index (χ0v) is 13.5. The predicted molar refractivity (Wildman–Crippen MR) is 86.6 cm³/mol. The highest BCUT2D eigenvalue weighted by Crippen LogP contribution is 2.24. The number of hydrogen-bond donors (Lipinski definition) is 1. The van der Waals surface area contributed by atoms with Crippen molar-refractivity contribution in [2.24, 2.45) is 0 Å². The van der Waals surface area contributed by atoms with Crippen LogP contribution in [-0.2, 0) is 19.3 Å². The lowest BCUT2D eigenvalue weighted by Crippen LogP contribution is -2.21. The topological polar surface area (TPSA) is 50.7 Å². The van der Waals surface area contributed by atoms with Gasteiger partial charge in [0.15, 0.2) is 5.82 Å². The van der Waals surface area contributed by atoms with Crippen LogP contribution in [0.5, 0.6) is 0 Å². The quantitative estimate of drug-likeness (QED) is 0.854. The van der Waals surface area contributed by atoms with Crippen LogP contribution in [-0.4, -0.2) is 27.5 Å². The summed E-state index contributed by atoms with van der Waals surface area (Å²) in [5.74, 6) is 0.838. The van der Waals surface area contributed by atoms with Crippen LogP contribution in [0.25, 0.3) is 10.7 Å². The van der Waals surface area contributed by atoms with E-state index in [-0.39, 0.29) is 0 Å². The predicted octanol–water partition coefficient (Wildman–Crippen LogP) is 3.02. The van der Waals surface area contributed by atoms with Gasteiger partial charge in [-0.05, 0) is 44.2 Å². The van der Waals surface area contributed by atoms with E-state index in [0.29, 0.717) is 0 Å². The first-order chi connectivity index (χ1) is 10.3. The van der Waals surface area contributed by atoms with Crippen LogP contribution in [0.15, 0.2) is 11.7 Å². The summed E-state index contributed by atoms with van der Waals surface area (Å²) in [7, 11) is 0. The van der Waals surface area contributed by atoms with Crippen molar-refractivity contribution in [1.82, 2.24) is 20.3 Å². The van der Waals surface area contributed by atoms with Gasteiger partial charge in [-0.2, -0.15) is 0 Å². The van der Waals surface area contributed by atoms with Crippen molar-refractivity contribution in [3.63, 3.8) is 0 Å². The molecule has 0 aromatic carbocycles. The fraction of sp³-hybridized carbons (Fsp3) is 0.562. The molecule has 0 amide bonds. The first-order valence-electron chi connectivity index (χ1n) is 7.82. The van der Waals surface area contributed by atoms with E-state index in [1.165, 1.54) is 29.8 Å². The van der Waals surface area contributed by atoms with Gasteiger partial charge < -0.3 is 5.32 Å². The van der Waals surface area contributed by atoms with Gasteiger partial charge in [0.2, 0.25) is 0 Å². The summed E-state index contributed by atoms with van der Waals surface area (Å²) in [5, 5.41) is 3.59. The molecule has 0 bridgehead atoms. The number of aryl methyl sites for hydroxylation is 2. The van der Waals surface area contributed by atoms with Crippen molar-refractivity contribution in [1.29, 1.82) is 0 Å². The summed E-state index contributed by atoms with van der Waals surface area (Å²) in [5.41, 5.74) is 5.58. The van der Waals surface area contributed by atoms with Gasteiger partial charge in [0.25, 0.3) is 0 Å². The molecule has 0 spiro atoms. The molecule has 0 aliphatic heterocycles. The fourth-order valence-corrected chi connectivity index (χ4v) is 3.13. The van der Waals surface area contributed by atoms with Gasteiger partial charge in [-0.15, -0.1) is 11.3 Å². The fourth-order valence-electron chi connectivity index (χ4n) is 2.58. The molecule has 1 aliphatic carbocycles. The number of nitrogens with one attached hydrogen (secondary N) is 1. The molecule has 1 saturated carbocycles. The summed E-state index contributed by atoms with van der Waals surface area (Å²) < 4.78 is 0. The first kappa shape index (κ1) is 14.6. The van der Waals surface area contributed by atoms with Crippen LogP contribution < -0.4 is 5.32 Å². The number of nitrogens with zero attached hydrogens (tertiary/aromatic N) is 3. The van der Waals surface area contributed by atoms with Crippen molar-refractivity contribution < 1.29 is 0 Å². The van der Waals surface area contributed by atoms with Crippen molar-refractivity contribution >= 4 is 11.3 Å². The summed E-state index contributed by atoms with van der Waals surface area (Å²) in [4.78, 5) is 14.8. The molecule has 3 rings (SSSR count). The molecule has 0 radical (unpaired) electrons. The molecule has 0 saturated heterocycles. The van der Waals surface area contributed by atoms with Gasteiger partial charge >= 0.3 is 0 Å². The first-order valence-corrected chi connectivity index (χ1v) is 8.70. The van der Waals surface area contributed by atoms with Gasteiger partial charge in [0, 0.05) is 23.6 Å². The highest BCUT2D eigenvalue weighted by Gasteiger charge is 2.20. The monoisotopic (exact) mass is 302 g/mol. The normalized spacial score (nSPS) is 14.6. The Morgan fingerprint density at radius 3 is 2.43 bits per heavy atom. The van der Waals surface area contributed by atoms with E-state index < -0.39 is 0 Å². The van der Waals surface area contributed by atoms with Gasteiger partial charge in [-0.25, -0.2) is 9.97 Å². The minimum Gasteiger partial charge on any atom is -0.314 e. The minimum absolute atomic E-state index is 0.762. The zero-order chi connectivity index (χ0) is 14.7. The van der Waals surface area contributed by atoms with Crippen molar-refractivity contribution in [3.05, 3.63) is 28.7 Å². The van der Waals surface area contributed by atoms with Crippen molar-refractivity contribution in [2.45, 2.75) is 52.0 Å². The van der Waals surface area contributed by atoms with E-state index in [1.54, 1.807) is 11.3 Å². The summed E-state index contributed by atoms with van der Waals surface area (Å²) in [6, 6.07) is 0.762. The molecule has 4 nitrogen and oxygen atoms in total. The molecule has 2 aromatic rings. The second kappa shape index (κ2) is 6.62. The maximum atomic E-state index is 4.79. The van der Waals surface area contributed by atoms with E-state index in [4.69, 9.17) is 9.97 Å². The second-order valence-electron chi connectivity index (χ2n) is 5.47. The Morgan fingerprint density at radius 2 is 1.90 bits per heavy atom. The van der Waals surface area contributed by atoms with Gasteiger partial charge in [-0.1, -0.05) is 13.8 Å². The lowest BCUT2D eigenvalue weighted by atomic mass is 10.0. The van der Waals surface area contributed by atoms with Gasteiger partial charge in [0.1, 0.15) is 0 Å². The average Bonchev–Trinajstić information content (AvgIpc) is 3.17. The molecule has 112 valence electrons. The molecular formula is C16H22N4S. The van der Waals surface area contributed by atoms with Crippen LogP contribution >= 0.6 is 11.3 Å². The van der Waals surface area contributed by atoms with Crippen LogP contribution in [0.3, 0.4) is 0 Å². The molecule has 1 N–H and O–H groups in total. The second-order valence-corrected chi connectivity index (χ2v) is 6.36. The number of rotatable bonds is 7. The third-order valence-corrected chi connectivity index (χ3v) is 4.66. The Morgan fingerprint density at radius 1 is 1.19 bits per heavy atom. The van der Waals surface area contributed by atoms with Crippen molar-refractivity contribution in [3.8, 4) is 10.7 Å². The van der Waals surface area contributed by atoms with Gasteiger partial charge in [0.05, 0.1) is 10.4 Å². The van der Waals surface area contributed by atoms with E-state index in [2.05, 4.69) is 24.1 Å². The Hall–Kier alpha value is -1.33. The number of thiazole rings is 1. The Bertz CT molecular complexity index is 565. The third-order valence-electron chi connectivity index (χ3n) is 3.89. The molecule has 2 aromatic heterocycles. The Kier molecular flexibility index (Phi) is 4.60. The molecule has 21 heavy (non-hydrogen) atoms. The lowest BCUT2D eigenvalue weighted by Gasteiger charge is -2.13. The highest BCUT2D eigenvalue weighted by atomic mass is 32.1. The summed E-state index contributed by atoms with van der Waals surface area (Å²) >= 11 is 1.60. The summed E-state index contributed by atoms with van der Waals surface area (Å²) in [6.07, 6.45) is 7.48. The SMILES string of the molecule is CCc1nc(-c2cncs2)nc(CC)c1CCNC1CC1.